The Kier molecular flexibility index (Phi) is 3.21. The summed E-state index contributed by atoms with van der Waals surface area (Å²) in [7, 11) is 0. The van der Waals surface area contributed by atoms with Crippen molar-refractivity contribution in [1.29, 1.82) is 0 Å². The number of aliphatic carboxylic acids is 1. The average Bonchev–Trinajstić information content (AvgIpc) is 2.70. The van der Waals surface area contributed by atoms with Crippen LogP contribution in [0.25, 0.3) is 0 Å². The number of benzene rings is 1. The molecule has 19 heavy (non-hydrogen) atoms. The predicted octanol–water partition coefficient (Wildman–Crippen LogP) is 2.29. The van der Waals surface area contributed by atoms with Crippen LogP contribution in [-0.4, -0.2) is 23.0 Å². The third-order valence-electron chi connectivity index (χ3n) is 2.95. The lowest BCUT2D eigenvalue weighted by Gasteiger charge is -2.22. The molecule has 1 fully saturated rings. The van der Waals surface area contributed by atoms with E-state index >= 15 is 0 Å². The molecule has 1 aromatic carbocycles. The Bertz CT molecular complexity index is 527. The molecule has 102 valence electrons. The maximum atomic E-state index is 12.6. The smallest absolute Gasteiger partial charge is 0.416 e. The van der Waals surface area contributed by atoms with E-state index in [1.807, 2.05) is 0 Å². The van der Waals surface area contributed by atoms with Crippen LogP contribution in [0.5, 0.6) is 0 Å². The van der Waals surface area contributed by atoms with Crippen molar-refractivity contribution in [3.05, 3.63) is 29.8 Å². The number of anilines is 1. The van der Waals surface area contributed by atoms with Gasteiger partial charge in [0.1, 0.15) is 6.04 Å². The Morgan fingerprint density at radius 1 is 1.37 bits per heavy atom. The molecule has 1 aromatic rings. The van der Waals surface area contributed by atoms with E-state index in [-0.39, 0.29) is 18.5 Å². The third-order valence-corrected chi connectivity index (χ3v) is 2.95. The van der Waals surface area contributed by atoms with Crippen LogP contribution in [0.2, 0.25) is 0 Å². The number of nitrogens with zero attached hydrogens (tertiary/aromatic N) is 1. The van der Waals surface area contributed by atoms with Crippen LogP contribution in [-0.2, 0) is 15.8 Å². The SMILES string of the molecule is O=C(O)[C@@H]1CCC(=O)N1c1cccc(C(F)(F)F)c1. The highest BCUT2D eigenvalue weighted by atomic mass is 19.4. The number of amides is 1. The number of carboxylic acids is 1. The molecule has 2 rings (SSSR count). The molecule has 1 N–H and O–H groups in total. The predicted molar refractivity (Wildman–Crippen MR) is 59.6 cm³/mol. The lowest BCUT2D eigenvalue weighted by atomic mass is 10.1. The Hall–Kier alpha value is -2.05. The molecule has 0 radical (unpaired) electrons. The maximum Gasteiger partial charge on any atom is 0.416 e. The molecular formula is C12H10F3NO3. The minimum atomic E-state index is -4.53. The van der Waals surface area contributed by atoms with Gasteiger partial charge >= 0.3 is 12.1 Å². The minimum Gasteiger partial charge on any atom is -0.480 e. The Balaban J connectivity index is 2.40. The van der Waals surface area contributed by atoms with E-state index in [2.05, 4.69) is 0 Å². The van der Waals surface area contributed by atoms with Gasteiger partial charge in [-0.3, -0.25) is 9.69 Å². The molecule has 0 spiro atoms. The number of alkyl halides is 3. The molecule has 0 aliphatic carbocycles. The van der Waals surface area contributed by atoms with Gasteiger partial charge < -0.3 is 5.11 Å². The Labute approximate surface area is 106 Å². The zero-order valence-corrected chi connectivity index (χ0v) is 9.65. The summed E-state index contributed by atoms with van der Waals surface area (Å²) in [5.74, 6) is -1.70. The summed E-state index contributed by atoms with van der Waals surface area (Å²) in [4.78, 5) is 23.5. The molecule has 1 atom stereocenters. The third kappa shape index (κ3) is 2.54. The zero-order chi connectivity index (χ0) is 14.2. The van der Waals surface area contributed by atoms with E-state index in [4.69, 9.17) is 5.11 Å². The summed E-state index contributed by atoms with van der Waals surface area (Å²) < 4.78 is 37.8. The van der Waals surface area contributed by atoms with Gasteiger partial charge in [-0.25, -0.2) is 4.79 Å². The summed E-state index contributed by atoms with van der Waals surface area (Å²) in [6, 6.07) is 3.02. The van der Waals surface area contributed by atoms with Crippen molar-refractivity contribution in [3.63, 3.8) is 0 Å². The van der Waals surface area contributed by atoms with Gasteiger partial charge in [-0.2, -0.15) is 13.2 Å². The molecule has 0 saturated carbocycles. The van der Waals surface area contributed by atoms with E-state index in [1.54, 1.807) is 0 Å². The van der Waals surface area contributed by atoms with E-state index in [0.717, 1.165) is 23.1 Å². The van der Waals surface area contributed by atoms with Gasteiger partial charge in [-0.15, -0.1) is 0 Å². The first kappa shape index (κ1) is 13.4. The number of hydrogen-bond acceptors (Lipinski definition) is 2. The van der Waals surface area contributed by atoms with Gasteiger partial charge in [0.15, 0.2) is 0 Å². The average molecular weight is 273 g/mol. The topological polar surface area (TPSA) is 57.6 Å². The number of rotatable bonds is 2. The standard InChI is InChI=1S/C12H10F3NO3/c13-12(14,15)7-2-1-3-8(6-7)16-9(11(18)19)4-5-10(16)17/h1-3,6,9H,4-5H2,(H,18,19)/t9-/m0/s1. The van der Waals surface area contributed by atoms with Crippen LogP contribution in [0.3, 0.4) is 0 Å². The van der Waals surface area contributed by atoms with Crippen LogP contribution in [0.15, 0.2) is 24.3 Å². The van der Waals surface area contributed by atoms with E-state index in [9.17, 15) is 22.8 Å². The summed E-state index contributed by atoms with van der Waals surface area (Å²) in [6.07, 6.45) is -4.41. The summed E-state index contributed by atoms with van der Waals surface area (Å²) in [6.45, 7) is 0. The fourth-order valence-electron chi connectivity index (χ4n) is 2.07. The van der Waals surface area contributed by atoms with E-state index < -0.39 is 29.7 Å². The molecule has 7 heteroatoms. The second-order valence-electron chi connectivity index (χ2n) is 4.20. The number of carbonyl (C=O) groups is 2. The van der Waals surface area contributed by atoms with Crippen LogP contribution in [0.1, 0.15) is 18.4 Å². The molecule has 1 saturated heterocycles. The van der Waals surface area contributed by atoms with Crippen molar-refractivity contribution in [2.45, 2.75) is 25.1 Å². The monoisotopic (exact) mass is 273 g/mol. The Morgan fingerprint density at radius 2 is 2.05 bits per heavy atom. The summed E-state index contributed by atoms with van der Waals surface area (Å²) in [5, 5.41) is 8.98. The quantitative estimate of drug-likeness (QED) is 0.899. The number of hydrogen-bond donors (Lipinski definition) is 1. The fraction of sp³-hybridized carbons (Fsp3) is 0.333. The van der Waals surface area contributed by atoms with Gasteiger partial charge in [0.05, 0.1) is 5.56 Å². The second kappa shape index (κ2) is 4.56. The molecule has 1 aliphatic rings. The number of carbonyl (C=O) groups excluding carboxylic acids is 1. The molecule has 4 nitrogen and oxygen atoms in total. The molecule has 1 heterocycles. The molecule has 1 aliphatic heterocycles. The van der Waals surface area contributed by atoms with E-state index in [1.165, 1.54) is 6.07 Å². The minimum absolute atomic E-state index is 0.0210. The molecule has 1 amide bonds. The molecule has 0 bridgehead atoms. The first-order valence-electron chi connectivity index (χ1n) is 5.53. The van der Waals surface area contributed by atoms with Crippen molar-refractivity contribution >= 4 is 17.6 Å². The highest BCUT2D eigenvalue weighted by Crippen LogP contribution is 2.34. The highest BCUT2D eigenvalue weighted by molar-refractivity contribution is 6.02. The van der Waals surface area contributed by atoms with E-state index in [0.29, 0.717) is 0 Å². The maximum absolute atomic E-state index is 12.6. The van der Waals surface area contributed by atoms with Crippen molar-refractivity contribution in [1.82, 2.24) is 0 Å². The summed E-state index contributed by atoms with van der Waals surface area (Å²) >= 11 is 0. The largest absolute Gasteiger partial charge is 0.480 e. The first-order chi connectivity index (χ1) is 8.80. The molecular weight excluding hydrogens is 263 g/mol. The van der Waals surface area contributed by atoms with Crippen molar-refractivity contribution in [2.24, 2.45) is 0 Å². The van der Waals surface area contributed by atoms with Crippen LogP contribution in [0, 0.1) is 0 Å². The molecule has 0 aromatic heterocycles. The van der Waals surface area contributed by atoms with Crippen LogP contribution >= 0.6 is 0 Å². The fourth-order valence-corrected chi connectivity index (χ4v) is 2.07. The van der Waals surface area contributed by atoms with Gasteiger partial charge in [0.2, 0.25) is 5.91 Å². The van der Waals surface area contributed by atoms with Gasteiger partial charge in [-0.05, 0) is 24.6 Å². The second-order valence-corrected chi connectivity index (χ2v) is 4.20. The zero-order valence-electron chi connectivity index (χ0n) is 9.65. The van der Waals surface area contributed by atoms with Crippen molar-refractivity contribution < 1.29 is 27.9 Å². The van der Waals surface area contributed by atoms with Crippen LogP contribution < -0.4 is 4.90 Å². The Morgan fingerprint density at radius 3 is 2.63 bits per heavy atom. The van der Waals surface area contributed by atoms with Gasteiger partial charge in [-0.1, -0.05) is 6.07 Å². The van der Waals surface area contributed by atoms with Crippen molar-refractivity contribution in [3.8, 4) is 0 Å². The number of carboxylic acid groups (broad SMARTS) is 1. The van der Waals surface area contributed by atoms with Crippen molar-refractivity contribution in [2.75, 3.05) is 4.90 Å². The van der Waals surface area contributed by atoms with Crippen LogP contribution in [0.4, 0.5) is 18.9 Å². The van der Waals surface area contributed by atoms with Gasteiger partial charge in [0, 0.05) is 12.1 Å². The lowest BCUT2D eigenvalue weighted by Crippen LogP contribution is -2.38. The highest BCUT2D eigenvalue weighted by Gasteiger charge is 2.38. The number of halogens is 3. The van der Waals surface area contributed by atoms with Gasteiger partial charge in [0.25, 0.3) is 0 Å². The molecule has 0 unspecified atom stereocenters. The normalized spacial score (nSPS) is 19.8. The summed E-state index contributed by atoms with van der Waals surface area (Å²) in [5.41, 5.74) is -0.946. The first-order valence-corrected chi connectivity index (χ1v) is 5.53. The lowest BCUT2D eigenvalue weighted by molar-refractivity contribution is -0.139.